The van der Waals surface area contributed by atoms with Crippen LogP contribution >= 0.6 is 0 Å². The summed E-state index contributed by atoms with van der Waals surface area (Å²) in [7, 11) is 0. The number of unbranched alkanes of at least 4 members (excludes halogenated alkanes) is 1. The normalized spacial score (nSPS) is 49.1. The maximum Gasteiger partial charge on any atom is 0.132 e. The number of aliphatic hydroxyl groups is 3. The molecule has 11 atom stereocenters. The van der Waals surface area contributed by atoms with Crippen molar-refractivity contribution in [2.75, 3.05) is 0 Å². The smallest absolute Gasteiger partial charge is 0.132 e. The summed E-state index contributed by atoms with van der Waals surface area (Å²) in [5.41, 5.74) is -0.0355. The molecule has 0 aliphatic heterocycles. The minimum atomic E-state index is -0.339. The van der Waals surface area contributed by atoms with E-state index in [9.17, 15) is 20.1 Å². The fourth-order valence-electron chi connectivity index (χ4n) is 9.22. The summed E-state index contributed by atoms with van der Waals surface area (Å²) in [6.07, 6.45) is 9.96. The van der Waals surface area contributed by atoms with Crippen molar-refractivity contribution in [1.82, 2.24) is 0 Å². The second kappa shape index (κ2) is 9.30. The molecule has 0 aromatic carbocycles. The standard InChI is InChI=1S/C28H48O4/c1-5-6-7-19(29)9-8-17(2)21-10-11-22-26-23(16-25(32)28(21,22)4)27(3)13-12-20(30)14-18(27)15-24(26)31/h17-18,20-26,30-32H,5-16H2,1-4H3. The zero-order chi connectivity index (χ0) is 23.3. The summed E-state index contributed by atoms with van der Waals surface area (Å²) < 4.78 is 0. The summed E-state index contributed by atoms with van der Waals surface area (Å²) in [6, 6.07) is 0. The van der Waals surface area contributed by atoms with Gasteiger partial charge in [0.25, 0.3) is 0 Å². The Hall–Kier alpha value is -0.450. The molecule has 0 amide bonds. The number of fused-ring (bicyclic) bond motifs is 5. The van der Waals surface area contributed by atoms with Gasteiger partial charge in [-0.2, -0.15) is 0 Å². The molecular formula is C28H48O4. The van der Waals surface area contributed by atoms with Gasteiger partial charge >= 0.3 is 0 Å². The Kier molecular flexibility index (Phi) is 7.17. The molecule has 0 radical (unpaired) electrons. The average molecular weight is 449 g/mol. The van der Waals surface area contributed by atoms with Crippen LogP contribution in [0.15, 0.2) is 0 Å². The Morgan fingerprint density at radius 3 is 2.47 bits per heavy atom. The van der Waals surface area contributed by atoms with Gasteiger partial charge in [-0.3, -0.25) is 4.79 Å². The number of rotatable bonds is 7. The molecule has 4 nitrogen and oxygen atoms in total. The van der Waals surface area contributed by atoms with Gasteiger partial charge < -0.3 is 15.3 Å². The van der Waals surface area contributed by atoms with Crippen molar-refractivity contribution in [3.05, 3.63) is 0 Å². The molecule has 4 aliphatic carbocycles. The molecule has 184 valence electrons. The van der Waals surface area contributed by atoms with E-state index in [2.05, 4.69) is 27.7 Å². The summed E-state index contributed by atoms with van der Waals surface area (Å²) in [4.78, 5) is 12.3. The molecule has 11 unspecified atom stereocenters. The summed E-state index contributed by atoms with van der Waals surface area (Å²) in [5, 5.41) is 33.3. The number of carbonyl (C=O) groups is 1. The largest absolute Gasteiger partial charge is 0.393 e. The molecule has 4 fully saturated rings. The fraction of sp³-hybridized carbons (Fsp3) is 0.964. The highest BCUT2D eigenvalue weighted by molar-refractivity contribution is 5.78. The van der Waals surface area contributed by atoms with Crippen LogP contribution in [0.1, 0.15) is 105 Å². The summed E-state index contributed by atoms with van der Waals surface area (Å²) >= 11 is 0. The fourth-order valence-corrected chi connectivity index (χ4v) is 9.22. The number of Topliss-reactive ketones (excluding diaryl/α,β-unsaturated/α-hetero) is 1. The Morgan fingerprint density at radius 1 is 1.00 bits per heavy atom. The first-order valence-electron chi connectivity index (χ1n) is 13.7. The van der Waals surface area contributed by atoms with E-state index in [4.69, 9.17) is 0 Å². The third-order valence-electron chi connectivity index (χ3n) is 11.2. The van der Waals surface area contributed by atoms with Crippen molar-refractivity contribution in [1.29, 1.82) is 0 Å². The monoisotopic (exact) mass is 448 g/mol. The first-order valence-corrected chi connectivity index (χ1v) is 13.7. The second-order valence-electron chi connectivity index (χ2n) is 12.7. The number of aliphatic hydroxyl groups excluding tert-OH is 3. The van der Waals surface area contributed by atoms with Gasteiger partial charge in [-0.25, -0.2) is 0 Å². The van der Waals surface area contributed by atoms with E-state index in [1.165, 1.54) is 0 Å². The zero-order valence-corrected chi connectivity index (χ0v) is 20.9. The first kappa shape index (κ1) is 24.7. The summed E-state index contributed by atoms with van der Waals surface area (Å²) in [5.74, 6) is 2.58. The van der Waals surface area contributed by atoms with Crippen LogP contribution in [0.25, 0.3) is 0 Å². The molecule has 4 heteroatoms. The van der Waals surface area contributed by atoms with Crippen LogP contribution in [-0.2, 0) is 4.79 Å². The molecule has 0 saturated heterocycles. The van der Waals surface area contributed by atoms with Gasteiger partial charge in [0.1, 0.15) is 5.78 Å². The summed E-state index contributed by atoms with van der Waals surface area (Å²) in [6.45, 7) is 9.11. The predicted molar refractivity (Wildman–Crippen MR) is 127 cm³/mol. The van der Waals surface area contributed by atoms with Crippen molar-refractivity contribution >= 4 is 5.78 Å². The Morgan fingerprint density at radius 2 is 1.75 bits per heavy atom. The molecule has 32 heavy (non-hydrogen) atoms. The van der Waals surface area contributed by atoms with Gasteiger partial charge in [0.15, 0.2) is 0 Å². The van der Waals surface area contributed by atoms with Gasteiger partial charge in [-0.05, 0) is 104 Å². The maximum absolute atomic E-state index is 12.3. The van der Waals surface area contributed by atoms with Crippen LogP contribution in [0.2, 0.25) is 0 Å². The minimum Gasteiger partial charge on any atom is -0.393 e. The quantitative estimate of drug-likeness (QED) is 0.505. The van der Waals surface area contributed by atoms with Crippen LogP contribution < -0.4 is 0 Å². The van der Waals surface area contributed by atoms with E-state index in [1.54, 1.807) is 0 Å². The third-order valence-corrected chi connectivity index (χ3v) is 11.2. The van der Waals surface area contributed by atoms with Crippen LogP contribution in [-0.4, -0.2) is 39.4 Å². The molecule has 0 bridgehead atoms. The lowest BCUT2D eigenvalue weighted by Gasteiger charge is -2.63. The van der Waals surface area contributed by atoms with Gasteiger partial charge in [0.05, 0.1) is 18.3 Å². The number of ketones is 1. The predicted octanol–water partition coefficient (Wildman–Crippen LogP) is 5.12. The number of carbonyl (C=O) groups excluding carboxylic acids is 1. The van der Waals surface area contributed by atoms with Crippen LogP contribution in [0.4, 0.5) is 0 Å². The van der Waals surface area contributed by atoms with Crippen molar-refractivity contribution < 1.29 is 20.1 Å². The lowest BCUT2D eigenvalue weighted by molar-refractivity contribution is -0.207. The topological polar surface area (TPSA) is 77.8 Å². The van der Waals surface area contributed by atoms with Crippen LogP contribution in [0.5, 0.6) is 0 Å². The molecule has 0 spiro atoms. The van der Waals surface area contributed by atoms with E-state index in [0.717, 1.165) is 64.2 Å². The second-order valence-corrected chi connectivity index (χ2v) is 12.7. The van der Waals surface area contributed by atoms with E-state index >= 15 is 0 Å². The molecule has 3 N–H and O–H groups in total. The maximum atomic E-state index is 12.3. The van der Waals surface area contributed by atoms with Crippen molar-refractivity contribution in [2.45, 2.75) is 123 Å². The molecule has 4 saturated carbocycles. The van der Waals surface area contributed by atoms with Crippen molar-refractivity contribution in [3.8, 4) is 0 Å². The lowest BCUT2D eigenvalue weighted by atomic mass is 9.43. The SMILES string of the molecule is CCCCC(=O)CCC(C)C1CCC2C3C(O)CC4CC(O)CCC4(C)C3CC(O)C12C. The van der Waals surface area contributed by atoms with E-state index in [-0.39, 0.29) is 35.1 Å². The van der Waals surface area contributed by atoms with E-state index < -0.39 is 0 Å². The number of hydrogen-bond donors (Lipinski definition) is 3. The molecule has 4 rings (SSSR count). The first-order chi connectivity index (χ1) is 15.1. The Balaban J connectivity index is 1.51. The van der Waals surface area contributed by atoms with Gasteiger partial charge in [-0.1, -0.05) is 34.1 Å². The van der Waals surface area contributed by atoms with Crippen LogP contribution in [0, 0.1) is 46.3 Å². The molecule has 4 aliphatic rings. The van der Waals surface area contributed by atoms with Crippen molar-refractivity contribution in [2.24, 2.45) is 46.3 Å². The van der Waals surface area contributed by atoms with Gasteiger partial charge in [0.2, 0.25) is 0 Å². The molecule has 0 aromatic rings. The van der Waals surface area contributed by atoms with Crippen LogP contribution in [0.3, 0.4) is 0 Å². The highest BCUT2D eigenvalue weighted by atomic mass is 16.3. The minimum absolute atomic E-state index is 0.126. The molecular weight excluding hydrogens is 400 g/mol. The highest BCUT2D eigenvalue weighted by Gasteiger charge is 2.65. The van der Waals surface area contributed by atoms with E-state index in [0.29, 0.717) is 48.2 Å². The zero-order valence-electron chi connectivity index (χ0n) is 20.9. The Bertz CT molecular complexity index is 678. The van der Waals surface area contributed by atoms with Crippen molar-refractivity contribution in [3.63, 3.8) is 0 Å². The number of hydrogen-bond acceptors (Lipinski definition) is 4. The van der Waals surface area contributed by atoms with Gasteiger partial charge in [-0.15, -0.1) is 0 Å². The lowest BCUT2D eigenvalue weighted by Crippen LogP contribution is -2.62. The average Bonchev–Trinajstić information content (AvgIpc) is 3.11. The van der Waals surface area contributed by atoms with E-state index in [1.807, 2.05) is 0 Å². The van der Waals surface area contributed by atoms with Gasteiger partial charge in [0, 0.05) is 12.8 Å². The molecule has 0 aromatic heterocycles. The molecule has 0 heterocycles. The highest BCUT2D eigenvalue weighted by Crippen LogP contribution is 2.68. The Labute approximate surface area is 195 Å². The third kappa shape index (κ3) is 4.01.